The van der Waals surface area contributed by atoms with E-state index in [0.29, 0.717) is 15.3 Å². The van der Waals surface area contributed by atoms with Crippen molar-refractivity contribution in [1.82, 2.24) is 4.31 Å². The Hall–Kier alpha value is -0.540. The molecule has 0 unspecified atom stereocenters. The summed E-state index contributed by atoms with van der Waals surface area (Å²) in [5, 5.41) is 0. The molecular formula is C12H9BrClF2NO2S2. The van der Waals surface area contributed by atoms with Crippen LogP contribution in [0, 0.1) is 11.6 Å². The molecule has 0 saturated heterocycles. The van der Waals surface area contributed by atoms with Crippen molar-refractivity contribution in [1.29, 1.82) is 0 Å². The fourth-order valence-electron chi connectivity index (χ4n) is 1.67. The Balaban J connectivity index is 2.38. The summed E-state index contributed by atoms with van der Waals surface area (Å²) in [5.41, 5.74) is 0. The van der Waals surface area contributed by atoms with Crippen molar-refractivity contribution in [2.45, 2.75) is 11.4 Å². The lowest BCUT2D eigenvalue weighted by Gasteiger charge is -2.17. The zero-order valence-corrected chi connectivity index (χ0v) is 14.6. The fourth-order valence-corrected chi connectivity index (χ4v) is 5.15. The largest absolute Gasteiger partial charge is 0.247 e. The van der Waals surface area contributed by atoms with Crippen molar-refractivity contribution in [3.63, 3.8) is 0 Å². The number of thiophene rings is 1. The van der Waals surface area contributed by atoms with Gasteiger partial charge in [0.25, 0.3) is 0 Å². The molecule has 21 heavy (non-hydrogen) atoms. The molecule has 3 nitrogen and oxygen atoms in total. The molecule has 2 rings (SSSR count). The highest BCUT2D eigenvalue weighted by Gasteiger charge is 2.28. The molecule has 0 spiro atoms. The van der Waals surface area contributed by atoms with Gasteiger partial charge in [0.2, 0.25) is 10.0 Å². The maximum absolute atomic E-state index is 13.8. The van der Waals surface area contributed by atoms with Gasteiger partial charge in [-0.1, -0.05) is 11.6 Å². The van der Waals surface area contributed by atoms with Gasteiger partial charge in [0.05, 0.1) is 4.34 Å². The quantitative estimate of drug-likeness (QED) is 0.747. The van der Waals surface area contributed by atoms with Gasteiger partial charge in [-0.25, -0.2) is 17.2 Å². The monoisotopic (exact) mass is 415 g/mol. The van der Waals surface area contributed by atoms with E-state index in [1.807, 2.05) is 0 Å². The molecule has 0 N–H and O–H groups in total. The van der Waals surface area contributed by atoms with Gasteiger partial charge in [-0.2, -0.15) is 4.31 Å². The number of sulfonamides is 1. The number of hydrogen-bond donors (Lipinski definition) is 0. The predicted molar refractivity (Wildman–Crippen MR) is 82.0 cm³/mol. The van der Waals surface area contributed by atoms with E-state index in [0.717, 1.165) is 10.4 Å². The number of rotatable bonds is 4. The van der Waals surface area contributed by atoms with E-state index in [9.17, 15) is 17.2 Å². The van der Waals surface area contributed by atoms with Gasteiger partial charge in [0.15, 0.2) is 0 Å². The number of nitrogens with zero attached hydrogens (tertiary/aromatic N) is 1. The Morgan fingerprint density at radius 3 is 2.52 bits per heavy atom. The van der Waals surface area contributed by atoms with E-state index in [1.165, 1.54) is 18.4 Å². The third-order valence-electron chi connectivity index (χ3n) is 2.64. The van der Waals surface area contributed by atoms with Gasteiger partial charge in [-0.05, 0) is 34.1 Å². The highest BCUT2D eigenvalue weighted by molar-refractivity contribution is 9.10. The summed E-state index contributed by atoms with van der Waals surface area (Å²) in [4.78, 5) is 0.124. The third-order valence-corrected chi connectivity index (χ3v) is 6.62. The average molecular weight is 417 g/mol. The Bertz CT molecular complexity index is 756. The van der Waals surface area contributed by atoms with Crippen LogP contribution >= 0.6 is 38.9 Å². The fraction of sp³-hybridized carbons (Fsp3) is 0.167. The summed E-state index contributed by atoms with van der Waals surface area (Å²) in [6, 6.07) is 4.78. The van der Waals surface area contributed by atoms with Gasteiger partial charge < -0.3 is 0 Å². The van der Waals surface area contributed by atoms with Crippen LogP contribution in [0.2, 0.25) is 4.34 Å². The summed E-state index contributed by atoms with van der Waals surface area (Å²) >= 11 is 9.90. The van der Waals surface area contributed by atoms with Crippen LogP contribution in [0.5, 0.6) is 0 Å². The summed E-state index contributed by atoms with van der Waals surface area (Å²) in [6.07, 6.45) is 0. The maximum atomic E-state index is 13.8. The minimum Gasteiger partial charge on any atom is -0.207 e. The topological polar surface area (TPSA) is 37.4 Å². The van der Waals surface area contributed by atoms with Gasteiger partial charge in [-0.3, -0.25) is 0 Å². The predicted octanol–water partition coefficient (Wildman–Crippen LogP) is 4.26. The van der Waals surface area contributed by atoms with E-state index in [-0.39, 0.29) is 11.0 Å². The lowest BCUT2D eigenvalue weighted by molar-refractivity contribution is 0.460. The van der Waals surface area contributed by atoms with Crippen LogP contribution in [0.1, 0.15) is 4.88 Å². The first-order valence-electron chi connectivity index (χ1n) is 5.57. The second-order valence-electron chi connectivity index (χ2n) is 4.17. The molecule has 0 bridgehead atoms. The van der Waals surface area contributed by atoms with Crippen LogP contribution in [0.15, 0.2) is 33.6 Å². The molecule has 0 radical (unpaired) electrons. The number of halogens is 4. The van der Waals surface area contributed by atoms with Gasteiger partial charge >= 0.3 is 0 Å². The van der Waals surface area contributed by atoms with E-state index in [4.69, 9.17) is 11.6 Å². The second kappa shape index (κ2) is 6.29. The number of hydrogen-bond acceptors (Lipinski definition) is 3. The molecule has 0 aliphatic rings. The maximum Gasteiger partial charge on any atom is 0.247 e. The summed E-state index contributed by atoms with van der Waals surface area (Å²) < 4.78 is 53.0. The molecule has 1 aromatic heterocycles. The van der Waals surface area contributed by atoms with Crippen LogP contribution in [-0.4, -0.2) is 19.8 Å². The van der Waals surface area contributed by atoms with Crippen molar-refractivity contribution in [2.24, 2.45) is 0 Å². The zero-order chi connectivity index (χ0) is 15.8. The van der Waals surface area contributed by atoms with Crippen LogP contribution < -0.4 is 0 Å². The highest BCUT2D eigenvalue weighted by atomic mass is 79.9. The molecule has 9 heteroatoms. The Kier molecular flexibility index (Phi) is 5.04. The van der Waals surface area contributed by atoms with Crippen LogP contribution in [-0.2, 0) is 16.6 Å². The second-order valence-corrected chi connectivity index (χ2v) is 8.80. The molecule has 1 heterocycles. The average Bonchev–Trinajstić information content (AvgIpc) is 2.72. The summed E-state index contributed by atoms with van der Waals surface area (Å²) in [6.45, 7) is 0.0446. The number of benzene rings is 1. The molecule has 1 aromatic carbocycles. The molecular weight excluding hydrogens is 408 g/mol. The Morgan fingerprint density at radius 1 is 1.33 bits per heavy atom. The van der Waals surface area contributed by atoms with E-state index < -0.39 is 26.6 Å². The Labute approximate surface area is 138 Å². The molecule has 0 atom stereocenters. The van der Waals surface area contributed by atoms with Crippen LogP contribution in [0.3, 0.4) is 0 Å². The SMILES string of the molecule is CN(Cc1ccc(Cl)s1)S(=O)(=O)c1c(F)cc(F)cc1Br. The minimum atomic E-state index is -4.10. The van der Waals surface area contributed by atoms with Crippen molar-refractivity contribution < 1.29 is 17.2 Å². The Morgan fingerprint density at radius 2 is 2.00 bits per heavy atom. The highest BCUT2D eigenvalue weighted by Crippen LogP contribution is 2.30. The van der Waals surface area contributed by atoms with Gasteiger partial charge in [0.1, 0.15) is 16.5 Å². The molecule has 2 aromatic rings. The normalized spacial score (nSPS) is 12.1. The minimum absolute atomic E-state index is 0.0446. The summed E-state index contributed by atoms with van der Waals surface area (Å²) in [7, 11) is -2.78. The molecule has 0 aliphatic carbocycles. The van der Waals surface area contributed by atoms with Crippen LogP contribution in [0.25, 0.3) is 0 Å². The smallest absolute Gasteiger partial charge is 0.207 e. The first kappa shape index (κ1) is 16.8. The van der Waals surface area contributed by atoms with Gasteiger partial charge in [-0.15, -0.1) is 11.3 Å². The first-order chi connectivity index (χ1) is 9.71. The lowest BCUT2D eigenvalue weighted by Crippen LogP contribution is -2.27. The van der Waals surface area contributed by atoms with E-state index in [2.05, 4.69) is 15.9 Å². The third kappa shape index (κ3) is 3.62. The molecule has 114 valence electrons. The van der Waals surface area contributed by atoms with E-state index >= 15 is 0 Å². The zero-order valence-electron chi connectivity index (χ0n) is 10.6. The molecule has 0 fully saturated rings. The standard InChI is InChI=1S/C12H9BrClF2NO2S2/c1-17(6-8-2-3-11(14)20-8)21(18,19)12-9(13)4-7(15)5-10(12)16/h2-5H,6H2,1H3. The summed E-state index contributed by atoms with van der Waals surface area (Å²) in [5.74, 6) is -2.00. The molecule has 0 amide bonds. The van der Waals surface area contributed by atoms with Crippen molar-refractivity contribution in [3.05, 3.63) is 49.6 Å². The van der Waals surface area contributed by atoms with E-state index in [1.54, 1.807) is 12.1 Å². The molecule has 0 aliphatic heterocycles. The molecule has 0 saturated carbocycles. The van der Waals surface area contributed by atoms with Crippen LogP contribution in [0.4, 0.5) is 8.78 Å². The van der Waals surface area contributed by atoms with Crippen molar-refractivity contribution in [3.8, 4) is 0 Å². The lowest BCUT2D eigenvalue weighted by atomic mass is 10.3. The first-order valence-corrected chi connectivity index (χ1v) is 8.99. The van der Waals surface area contributed by atoms with Gasteiger partial charge in [0, 0.05) is 29.0 Å². The van der Waals surface area contributed by atoms with Crippen molar-refractivity contribution >= 4 is 48.9 Å². The van der Waals surface area contributed by atoms with Crippen molar-refractivity contribution in [2.75, 3.05) is 7.05 Å².